The molecule has 4 heteroatoms. The molecule has 1 N–H and O–H groups in total. The molecule has 18 heavy (non-hydrogen) atoms. The Balaban J connectivity index is 2.39. The molecule has 0 saturated heterocycles. The van der Waals surface area contributed by atoms with Crippen molar-refractivity contribution in [2.24, 2.45) is 5.92 Å². The van der Waals surface area contributed by atoms with Crippen LogP contribution in [0.4, 0.5) is 0 Å². The zero-order valence-electron chi connectivity index (χ0n) is 11.2. The summed E-state index contributed by atoms with van der Waals surface area (Å²) in [4.78, 5) is 13.0. The predicted molar refractivity (Wildman–Crippen MR) is 71.2 cm³/mol. The molecule has 0 atom stereocenters. The molecule has 0 radical (unpaired) electrons. The van der Waals surface area contributed by atoms with Crippen LogP contribution in [-0.2, 0) is 0 Å². The van der Waals surface area contributed by atoms with Gasteiger partial charge in [0, 0.05) is 13.1 Å². The molecular formula is C14H21NO3. The molecule has 4 nitrogen and oxygen atoms in total. The first-order valence-electron chi connectivity index (χ1n) is 6.13. The minimum absolute atomic E-state index is 0.253. The van der Waals surface area contributed by atoms with E-state index in [0.29, 0.717) is 18.3 Å². The van der Waals surface area contributed by atoms with E-state index in [-0.39, 0.29) is 5.56 Å². The zero-order valence-corrected chi connectivity index (χ0v) is 11.2. The van der Waals surface area contributed by atoms with Gasteiger partial charge in [0.15, 0.2) is 0 Å². The molecule has 0 aromatic heterocycles. The molecule has 0 amide bonds. The van der Waals surface area contributed by atoms with E-state index in [0.717, 1.165) is 13.1 Å². The highest BCUT2D eigenvalue weighted by molar-refractivity contribution is 5.87. The molecule has 0 aliphatic heterocycles. The Morgan fingerprint density at radius 3 is 2.78 bits per heavy atom. The quantitative estimate of drug-likeness (QED) is 0.808. The van der Waals surface area contributed by atoms with Gasteiger partial charge >= 0.3 is 5.97 Å². The van der Waals surface area contributed by atoms with Gasteiger partial charge in [0.2, 0.25) is 0 Å². The highest BCUT2D eigenvalue weighted by Gasteiger charge is 2.05. The highest BCUT2D eigenvalue weighted by atomic mass is 16.5. The van der Waals surface area contributed by atoms with E-state index < -0.39 is 5.97 Å². The number of hydrogen-bond acceptors (Lipinski definition) is 3. The minimum atomic E-state index is -0.933. The second-order valence-electron chi connectivity index (χ2n) is 4.84. The third-order valence-electron chi connectivity index (χ3n) is 2.50. The van der Waals surface area contributed by atoms with Crippen LogP contribution >= 0.6 is 0 Å². The molecule has 1 rings (SSSR count). The van der Waals surface area contributed by atoms with Gasteiger partial charge in [-0.2, -0.15) is 0 Å². The van der Waals surface area contributed by atoms with Crippen molar-refractivity contribution < 1.29 is 14.6 Å². The predicted octanol–water partition coefficient (Wildman–Crippen LogP) is 2.35. The van der Waals surface area contributed by atoms with Crippen molar-refractivity contribution in [2.45, 2.75) is 13.8 Å². The van der Waals surface area contributed by atoms with Crippen molar-refractivity contribution in [2.75, 3.05) is 26.7 Å². The largest absolute Gasteiger partial charge is 0.492 e. The van der Waals surface area contributed by atoms with Gasteiger partial charge in [-0.3, -0.25) is 0 Å². The number of carboxylic acid groups (broad SMARTS) is 1. The molecule has 1 aromatic carbocycles. The van der Waals surface area contributed by atoms with Crippen molar-refractivity contribution in [1.29, 1.82) is 0 Å². The normalized spacial score (nSPS) is 10.9. The second kappa shape index (κ2) is 7.01. The summed E-state index contributed by atoms with van der Waals surface area (Å²) >= 11 is 0. The van der Waals surface area contributed by atoms with Crippen molar-refractivity contribution >= 4 is 5.97 Å². The van der Waals surface area contributed by atoms with E-state index in [1.807, 2.05) is 0 Å². The number of carbonyl (C=O) groups is 1. The van der Waals surface area contributed by atoms with E-state index in [2.05, 4.69) is 25.8 Å². The summed E-state index contributed by atoms with van der Waals surface area (Å²) in [7, 11) is 2.05. The molecule has 0 heterocycles. The Labute approximate surface area is 108 Å². The zero-order chi connectivity index (χ0) is 13.5. The van der Waals surface area contributed by atoms with Gasteiger partial charge in [0.25, 0.3) is 0 Å². The van der Waals surface area contributed by atoms with Gasteiger partial charge in [0.1, 0.15) is 12.4 Å². The number of aromatic carboxylic acids is 1. The lowest BCUT2D eigenvalue weighted by atomic mass is 10.2. The number of ether oxygens (including phenoxy) is 1. The fourth-order valence-electron chi connectivity index (χ4n) is 1.75. The van der Waals surface area contributed by atoms with Crippen LogP contribution < -0.4 is 4.74 Å². The molecule has 0 spiro atoms. The maximum absolute atomic E-state index is 10.8. The number of nitrogens with zero attached hydrogens (tertiary/aromatic N) is 1. The van der Waals surface area contributed by atoms with Gasteiger partial charge in [-0.15, -0.1) is 0 Å². The third kappa shape index (κ3) is 5.19. The monoisotopic (exact) mass is 251 g/mol. The van der Waals surface area contributed by atoms with Gasteiger partial charge in [0.05, 0.1) is 5.56 Å². The average molecular weight is 251 g/mol. The summed E-state index contributed by atoms with van der Waals surface area (Å²) in [5.41, 5.74) is 0.253. The van der Waals surface area contributed by atoms with Crippen LogP contribution in [0.25, 0.3) is 0 Å². The van der Waals surface area contributed by atoms with E-state index >= 15 is 0 Å². The number of carboxylic acids is 1. The number of benzene rings is 1. The maximum Gasteiger partial charge on any atom is 0.335 e. The molecule has 0 fully saturated rings. The summed E-state index contributed by atoms with van der Waals surface area (Å²) < 4.78 is 5.54. The molecule has 0 saturated carbocycles. The van der Waals surface area contributed by atoms with Gasteiger partial charge in [-0.1, -0.05) is 19.9 Å². The first-order chi connectivity index (χ1) is 8.49. The molecule has 0 aliphatic rings. The molecule has 0 aliphatic carbocycles. The molecular weight excluding hydrogens is 230 g/mol. The molecule has 0 unspecified atom stereocenters. The van der Waals surface area contributed by atoms with Gasteiger partial charge < -0.3 is 14.7 Å². The number of hydrogen-bond donors (Lipinski definition) is 1. The first kappa shape index (κ1) is 14.5. The van der Waals surface area contributed by atoms with Crippen LogP contribution in [0.5, 0.6) is 5.75 Å². The lowest BCUT2D eigenvalue weighted by Crippen LogP contribution is -2.27. The Bertz CT molecular complexity index is 390. The van der Waals surface area contributed by atoms with E-state index in [1.165, 1.54) is 0 Å². The molecule has 1 aromatic rings. The van der Waals surface area contributed by atoms with E-state index in [9.17, 15) is 4.79 Å². The fourth-order valence-corrected chi connectivity index (χ4v) is 1.75. The molecule has 0 bridgehead atoms. The Morgan fingerprint density at radius 1 is 1.44 bits per heavy atom. The topological polar surface area (TPSA) is 49.8 Å². The summed E-state index contributed by atoms with van der Waals surface area (Å²) in [6.07, 6.45) is 0. The Hall–Kier alpha value is -1.55. The van der Waals surface area contributed by atoms with Crippen LogP contribution in [0.15, 0.2) is 24.3 Å². The van der Waals surface area contributed by atoms with Crippen molar-refractivity contribution in [3.8, 4) is 5.75 Å². The Kier molecular flexibility index (Phi) is 5.65. The summed E-state index contributed by atoms with van der Waals surface area (Å²) in [5.74, 6) is 0.301. The smallest absolute Gasteiger partial charge is 0.335 e. The van der Waals surface area contributed by atoms with Crippen molar-refractivity contribution in [1.82, 2.24) is 4.90 Å². The van der Waals surface area contributed by atoms with Crippen LogP contribution in [0.2, 0.25) is 0 Å². The first-order valence-corrected chi connectivity index (χ1v) is 6.13. The van der Waals surface area contributed by atoms with Crippen LogP contribution in [0.3, 0.4) is 0 Å². The fraction of sp³-hybridized carbons (Fsp3) is 0.500. The average Bonchev–Trinajstić information content (AvgIpc) is 2.28. The lowest BCUT2D eigenvalue weighted by molar-refractivity contribution is 0.0696. The SMILES string of the molecule is CC(C)CN(C)CCOc1cccc(C(=O)O)c1. The minimum Gasteiger partial charge on any atom is -0.492 e. The standard InChI is InChI=1S/C14H21NO3/c1-11(2)10-15(3)7-8-18-13-6-4-5-12(9-13)14(16)17/h4-6,9,11H,7-8,10H2,1-3H3,(H,16,17). The lowest BCUT2D eigenvalue weighted by Gasteiger charge is -2.18. The van der Waals surface area contributed by atoms with Gasteiger partial charge in [-0.05, 0) is 31.2 Å². The molecule has 100 valence electrons. The van der Waals surface area contributed by atoms with Crippen molar-refractivity contribution in [3.63, 3.8) is 0 Å². The number of likely N-dealkylation sites (N-methyl/N-ethyl adjacent to an activating group) is 1. The van der Waals surface area contributed by atoms with Crippen LogP contribution in [-0.4, -0.2) is 42.7 Å². The van der Waals surface area contributed by atoms with Gasteiger partial charge in [-0.25, -0.2) is 4.79 Å². The summed E-state index contributed by atoms with van der Waals surface area (Å²) in [6.45, 7) is 6.77. The summed E-state index contributed by atoms with van der Waals surface area (Å²) in [5, 5.41) is 8.86. The van der Waals surface area contributed by atoms with Crippen LogP contribution in [0.1, 0.15) is 24.2 Å². The Morgan fingerprint density at radius 2 is 2.17 bits per heavy atom. The van der Waals surface area contributed by atoms with Crippen molar-refractivity contribution in [3.05, 3.63) is 29.8 Å². The summed E-state index contributed by atoms with van der Waals surface area (Å²) in [6, 6.07) is 6.57. The number of rotatable bonds is 7. The second-order valence-corrected chi connectivity index (χ2v) is 4.84. The van der Waals surface area contributed by atoms with E-state index in [1.54, 1.807) is 24.3 Å². The maximum atomic E-state index is 10.8. The van der Waals surface area contributed by atoms with Crippen LogP contribution in [0, 0.1) is 5.92 Å². The highest BCUT2D eigenvalue weighted by Crippen LogP contribution is 2.13. The van der Waals surface area contributed by atoms with E-state index in [4.69, 9.17) is 9.84 Å². The third-order valence-corrected chi connectivity index (χ3v) is 2.50.